The number of hydrogen-bond acceptors (Lipinski definition) is 10. The Balaban J connectivity index is 0.000000184. The Morgan fingerprint density at radius 1 is 0.677 bits per heavy atom. The van der Waals surface area contributed by atoms with E-state index in [1.54, 1.807) is 46.2 Å². The summed E-state index contributed by atoms with van der Waals surface area (Å²) in [5.41, 5.74) is 8.31. The first kappa shape index (κ1) is 48.1. The van der Waals surface area contributed by atoms with E-state index < -0.39 is 11.2 Å². The van der Waals surface area contributed by atoms with Crippen molar-refractivity contribution >= 4 is 97.6 Å². The Morgan fingerprint density at radius 2 is 1.14 bits per heavy atom. The van der Waals surface area contributed by atoms with E-state index in [0.29, 0.717) is 76.0 Å². The molecular weight excluding hydrogens is 891 g/mol. The molecule has 2 aliphatic rings. The minimum atomic E-state index is -0.496. The molecular formula is C46H51Cl3N12O4. The van der Waals surface area contributed by atoms with Gasteiger partial charge in [-0.2, -0.15) is 0 Å². The number of hydrogen-bond donors (Lipinski definition) is 2. The number of anilines is 3. The highest BCUT2D eigenvalue weighted by molar-refractivity contribution is 6.34. The molecule has 0 bridgehead atoms. The first-order valence-electron chi connectivity index (χ1n) is 20.9. The molecule has 6 heterocycles. The first-order valence-corrected chi connectivity index (χ1v) is 22.1. The number of benzene rings is 2. The molecule has 4 aromatic heterocycles. The molecule has 0 atom stereocenters. The number of halogens is 3. The first-order chi connectivity index (χ1) is 30.8. The Morgan fingerprint density at radius 3 is 1.62 bits per heavy atom. The third kappa shape index (κ3) is 12.5. The Kier molecular flexibility index (Phi) is 15.3. The smallest absolute Gasteiger partial charge is 0.410 e. The highest BCUT2D eigenvalue weighted by Crippen LogP contribution is 2.34. The van der Waals surface area contributed by atoms with Crippen molar-refractivity contribution in [3.8, 4) is 0 Å². The Bertz CT molecular complexity index is 2730. The van der Waals surface area contributed by atoms with E-state index in [2.05, 4.69) is 44.1 Å². The zero-order chi connectivity index (χ0) is 47.1. The number of piperidine rings is 2. The van der Waals surface area contributed by atoms with Crippen LogP contribution in [0.5, 0.6) is 0 Å². The van der Waals surface area contributed by atoms with E-state index in [-0.39, 0.29) is 18.2 Å². The van der Waals surface area contributed by atoms with Gasteiger partial charge in [0.05, 0.1) is 39.6 Å². The average Bonchev–Trinajstić information content (AvgIpc) is 3.91. The molecule has 0 spiro atoms. The number of amides is 2. The molecule has 2 aliphatic heterocycles. The van der Waals surface area contributed by atoms with Crippen molar-refractivity contribution < 1.29 is 19.1 Å². The van der Waals surface area contributed by atoms with Gasteiger partial charge in [0, 0.05) is 56.3 Å². The third-order valence-corrected chi connectivity index (χ3v) is 11.4. The molecule has 0 saturated carbocycles. The van der Waals surface area contributed by atoms with Crippen molar-refractivity contribution in [1.82, 2.24) is 38.9 Å². The van der Waals surface area contributed by atoms with Crippen LogP contribution in [0.4, 0.5) is 38.2 Å². The number of carbonyl (C=O) groups is 2. The minimum Gasteiger partial charge on any atom is -0.444 e. The molecule has 65 heavy (non-hydrogen) atoms. The van der Waals surface area contributed by atoms with E-state index in [9.17, 15) is 9.59 Å². The van der Waals surface area contributed by atoms with Crippen molar-refractivity contribution in [2.75, 3.05) is 37.2 Å². The monoisotopic (exact) mass is 940 g/mol. The second-order valence-corrected chi connectivity index (χ2v) is 18.6. The van der Waals surface area contributed by atoms with Gasteiger partial charge in [0.2, 0.25) is 0 Å². The number of carbonyl (C=O) groups excluding carboxylic acids is 2. The van der Waals surface area contributed by atoms with Gasteiger partial charge in [-0.15, -0.1) is 0 Å². The lowest BCUT2D eigenvalue weighted by molar-refractivity contribution is 0.0179. The van der Waals surface area contributed by atoms with Gasteiger partial charge in [-0.25, -0.2) is 39.2 Å². The zero-order valence-corrected chi connectivity index (χ0v) is 39.3. The number of aromatic nitrogens is 6. The molecule has 19 heteroatoms. The number of nitrogens with two attached hydrogens (primary N) is 1. The summed E-state index contributed by atoms with van der Waals surface area (Å²) in [7, 11) is 0. The van der Waals surface area contributed by atoms with Crippen molar-refractivity contribution in [3.05, 3.63) is 112 Å². The number of likely N-dealkylation sites (tertiary alicyclic amines) is 2. The van der Waals surface area contributed by atoms with Crippen LogP contribution < -0.4 is 11.1 Å². The molecule has 340 valence electrons. The predicted octanol–water partition coefficient (Wildman–Crippen LogP) is 12.1. The van der Waals surface area contributed by atoms with Gasteiger partial charge in [-0.1, -0.05) is 46.9 Å². The maximum Gasteiger partial charge on any atom is 0.410 e. The molecule has 0 radical (unpaired) electrons. The third-order valence-electron chi connectivity index (χ3n) is 10.4. The number of nitrogens with one attached hydrogen (secondary N) is 1. The quantitative estimate of drug-likeness (QED) is 0.0986. The fourth-order valence-electron chi connectivity index (χ4n) is 7.29. The summed E-state index contributed by atoms with van der Waals surface area (Å²) >= 11 is 18.0. The summed E-state index contributed by atoms with van der Waals surface area (Å²) in [5.74, 6) is 0.650. The summed E-state index contributed by atoms with van der Waals surface area (Å²) in [5, 5.41) is 6.37. The van der Waals surface area contributed by atoms with Crippen LogP contribution in [0.25, 0.3) is 31.8 Å². The Hall–Kier alpha value is -6.33. The largest absolute Gasteiger partial charge is 0.444 e. The van der Waals surface area contributed by atoms with Crippen LogP contribution in [-0.2, 0) is 9.47 Å². The summed E-state index contributed by atoms with van der Waals surface area (Å²) < 4.78 is 15.2. The lowest BCUT2D eigenvalue weighted by atomic mass is 10.1. The maximum atomic E-state index is 12.3. The number of fused-ring (bicyclic) bond motifs is 2. The van der Waals surface area contributed by atoms with Crippen LogP contribution >= 0.6 is 34.8 Å². The second-order valence-electron chi connectivity index (χ2n) is 17.4. The van der Waals surface area contributed by atoms with E-state index >= 15 is 0 Å². The van der Waals surface area contributed by atoms with Gasteiger partial charge < -0.3 is 39.5 Å². The van der Waals surface area contributed by atoms with Crippen LogP contribution in [-0.4, -0.2) is 88.4 Å². The number of nitrogens with zero attached hydrogens (tertiary/aromatic N) is 10. The molecule has 0 aliphatic carbocycles. The highest BCUT2D eigenvalue weighted by atomic mass is 35.5. The summed E-state index contributed by atoms with van der Waals surface area (Å²) in [6.45, 7) is 27.7. The van der Waals surface area contributed by atoms with Crippen LogP contribution in [0.1, 0.15) is 79.3 Å². The fraction of sp³-hybridized carbons (Fsp3) is 0.391. The number of nitrogen functional groups attached to an aromatic ring is 1. The number of ether oxygens (including phenoxy) is 2. The molecule has 2 fully saturated rings. The Labute approximate surface area is 393 Å². The SMILES string of the molecule is CC(C)(C)OC(=O)N1CCC(n2ccc3c(Cl)ncnc32)CC1.[C-]#[N+]c1ccc(N)c(Cl)c1.[C-]#[N+]c1ccc(Nc2ncnc3c2ccn3C2CCN(C(=O)OC(C)(C)C)CC2)c(Cl)c1. The maximum absolute atomic E-state index is 12.3. The van der Waals surface area contributed by atoms with E-state index in [1.807, 2.05) is 66.1 Å². The van der Waals surface area contributed by atoms with Gasteiger partial charge >= 0.3 is 12.2 Å². The topological polar surface area (TPSA) is 167 Å². The van der Waals surface area contributed by atoms with Crippen LogP contribution in [0.15, 0.2) is 73.6 Å². The molecule has 2 aromatic carbocycles. The lowest BCUT2D eigenvalue weighted by Crippen LogP contribution is -2.42. The van der Waals surface area contributed by atoms with E-state index in [1.165, 1.54) is 12.7 Å². The molecule has 2 amide bonds. The van der Waals surface area contributed by atoms with Gasteiger partial charge in [-0.3, -0.25) is 0 Å². The summed E-state index contributed by atoms with van der Waals surface area (Å²) in [6.07, 6.45) is 9.90. The van der Waals surface area contributed by atoms with Crippen molar-refractivity contribution in [3.63, 3.8) is 0 Å². The fourth-order valence-corrected chi connectivity index (χ4v) is 7.88. The van der Waals surface area contributed by atoms with Crippen LogP contribution in [0, 0.1) is 13.1 Å². The van der Waals surface area contributed by atoms with E-state index in [4.69, 9.17) is 63.2 Å². The number of rotatable bonds is 4. The van der Waals surface area contributed by atoms with Gasteiger partial charge in [-0.05, 0) is 104 Å². The zero-order valence-electron chi connectivity index (χ0n) is 37.1. The molecule has 8 rings (SSSR count). The van der Waals surface area contributed by atoms with Gasteiger partial charge in [0.25, 0.3) is 0 Å². The van der Waals surface area contributed by atoms with Crippen LogP contribution in [0.2, 0.25) is 15.2 Å². The summed E-state index contributed by atoms with van der Waals surface area (Å²) in [6, 6.07) is 14.4. The standard InChI is InChI=1S/C23H25ClN6O2.C16H21ClN4O2.C7H5ClN2/c1-23(2,3)32-22(31)29-10-7-16(8-11-29)30-12-9-17-20(26-14-27-21(17)30)28-19-6-5-15(25-4)13-18(19)24;1-16(2,3)23-15(22)20-7-4-11(5-8-20)21-9-6-12-13(17)18-10-19-14(12)21;1-10-5-2-3-7(9)6(8)4-5/h5-6,9,12-14,16H,7-8,10-11H2,1-3H3,(H,26,27,28);6,9-11H,4-5,7-8H2,1-3H3;2-4H,9H2. The molecule has 2 saturated heterocycles. The highest BCUT2D eigenvalue weighted by Gasteiger charge is 2.30. The van der Waals surface area contributed by atoms with Gasteiger partial charge in [0.15, 0.2) is 11.4 Å². The second kappa shape index (κ2) is 20.7. The molecule has 16 nitrogen and oxygen atoms in total. The lowest BCUT2D eigenvalue weighted by Gasteiger charge is -2.34. The minimum absolute atomic E-state index is 0.232. The molecule has 6 aromatic rings. The van der Waals surface area contributed by atoms with Crippen LogP contribution in [0.3, 0.4) is 0 Å². The van der Waals surface area contributed by atoms with E-state index in [0.717, 1.165) is 47.8 Å². The predicted molar refractivity (Wildman–Crippen MR) is 255 cm³/mol. The average molecular weight is 942 g/mol. The van der Waals surface area contributed by atoms with Gasteiger partial charge in [0.1, 0.15) is 46.1 Å². The van der Waals surface area contributed by atoms with Crippen molar-refractivity contribution in [2.45, 2.75) is 90.5 Å². The molecule has 3 N–H and O–H groups in total. The van der Waals surface area contributed by atoms with Crippen molar-refractivity contribution in [2.24, 2.45) is 0 Å². The van der Waals surface area contributed by atoms with Crippen molar-refractivity contribution in [1.29, 1.82) is 0 Å². The normalized spacial score (nSPS) is 14.6. The summed E-state index contributed by atoms with van der Waals surface area (Å²) in [4.78, 5) is 51.8. The molecule has 0 unspecified atom stereocenters.